The Balaban J connectivity index is 2.41. The van der Waals surface area contributed by atoms with Gasteiger partial charge in [0.25, 0.3) is 0 Å². The topological polar surface area (TPSA) is 21.3 Å². The van der Waals surface area contributed by atoms with E-state index in [9.17, 15) is 0 Å². The van der Waals surface area contributed by atoms with Crippen molar-refractivity contribution in [2.75, 3.05) is 20.2 Å². The molecule has 0 heterocycles. The Bertz CT molecular complexity index is 249. The third kappa shape index (κ3) is 5.73. The van der Waals surface area contributed by atoms with E-state index in [0.29, 0.717) is 5.41 Å². The molecule has 0 unspecified atom stereocenters. The van der Waals surface area contributed by atoms with Crippen molar-refractivity contribution in [3.63, 3.8) is 0 Å². The minimum atomic E-state index is 0.114. The first-order chi connectivity index (χ1) is 9.43. The van der Waals surface area contributed by atoms with Gasteiger partial charge in [0.1, 0.15) is 0 Å². The van der Waals surface area contributed by atoms with Gasteiger partial charge in [-0.15, -0.1) is 0 Å². The summed E-state index contributed by atoms with van der Waals surface area (Å²) < 4.78 is 6.36. The average molecular weight is 284 g/mol. The Hall–Kier alpha value is -0.0800. The molecule has 1 saturated carbocycles. The maximum Gasteiger partial charge on any atom is 0.0806 e. The largest absolute Gasteiger partial charge is 0.374 e. The van der Waals surface area contributed by atoms with Crippen molar-refractivity contribution in [3.05, 3.63) is 0 Å². The molecular formula is C18H37NO. The van der Waals surface area contributed by atoms with Crippen molar-refractivity contribution in [3.8, 4) is 0 Å². The normalized spacial score (nSPS) is 27.8. The van der Waals surface area contributed by atoms with E-state index in [0.717, 1.165) is 19.1 Å². The highest BCUT2D eigenvalue weighted by atomic mass is 16.5. The van der Waals surface area contributed by atoms with E-state index in [4.69, 9.17) is 4.74 Å². The number of ether oxygens (including phenoxy) is 1. The lowest BCUT2D eigenvalue weighted by Crippen LogP contribution is -2.46. The maximum atomic E-state index is 6.36. The van der Waals surface area contributed by atoms with E-state index in [1.807, 2.05) is 0 Å². The van der Waals surface area contributed by atoms with Gasteiger partial charge in [-0.1, -0.05) is 47.0 Å². The lowest BCUT2D eigenvalue weighted by atomic mass is 9.68. The quantitative estimate of drug-likeness (QED) is 0.647. The number of nitrogens with one attached hydrogen (secondary N) is 1. The van der Waals surface area contributed by atoms with E-state index in [-0.39, 0.29) is 5.60 Å². The molecule has 1 fully saturated rings. The van der Waals surface area contributed by atoms with Gasteiger partial charge in [-0.3, -0.25) is 0 Å². The van der Waals surface area contributed by atoms with Crippen LogP contribution in [0.15, 0.2) is 0 Å². The number of unbranched alkanes of at least 4 members (excludes halogenated alkanes) is 3. The Morgan fingerprint density at radius 1 is 1.10 bits per heavy atom. The van der Waals surface area contributed by atoms with E-state index in [2.05, 4.69) is 40.1 Å². The van der Waals surface area contributed by atoms with E-state index >= 15 is 0 Å². The van der Waals surface area contributed by atoms with Gasteiger partial charge in [0.05, 0.1) is 5.60 Å². The van der Waals surface area contributed by atoms with Crippen molar-refractivity contribution in [2.24, 2.45) is 11.3 Å². The number of hydrogen-bond donors (Lipinski definition) is 1. The number of likely N-dealkylation sites (N-methyl/N-ethyl adjacent to an activating group) is 1. The molecule has 2 nitrogen and oxygen atoms in total. The molecule has 0 amide bonds. The minimum Gasteiger partial charge on any atom is -0.374 e. The molecule has 0 aromatic carbocycles. The lowest BCUT2D eigenvalue weighted by Gasteiger charge is -2.44. The zero-order chi connectivity index (χ0) is 15.1. The predicted octanol–water partition coefficient (Wildman–Crippen LogP) is 4.78. The Labute approximate surface area is 127 Å². The fraction of sp³-hybridized carbons (Fsp3) is 1.00. The summed E-state index contributed by atoms with van der Waals surface area (Å²) in [5, 5.41) is 3.36. The SMILES string of the molecule is CCCCCCOC1(CNC)CCC(C(C)(C)C)CC1. The molecule has 0 spiro atoms. The molecule has 0 aromatic rings. The van der Waals surface area contributed by atoms with Crippen LogP contribution in [0.4, 0.5) is 0 Å². The standard InChI is InChI=1S/C18H37NO/c1-6-7-8-9-14-20-18(15-19-5)12-10-16(11-13-18)17(2,3)4/h16,19H,6-15H2,1-5H3. The van der Waals surface area contributed by atoms with Crippen LogP contribution in [-0.4, -0.2) is 25.8 Å². The van der Waals surface area contributed by atoms with Crippen LogP contribution < -0.4 is 5.32 Å². The lowest BCUT2D eigenvalue weighted by molar-refractivity contribution is -0.0846. The van der Waals surface area contributed by atoms with Crippen molar-refractivity contribution in [1.29, 1.82) is 0 Å². The van der Waals surface area contributed by atoms with Gasteiger partial charge >= 0.3 is 0 Å². The number of rotatable bonds is 8. The van der Waals surface area contributed by atoms with E-state index < -0.39 is 0 Å². The van der Waals surface area contributed by atoms with Crippen LogP contribution in [0.2, 0.25) is 0 Å². The molecule has 0 radical (unpaired) electrons. The van der Waals surface area contributed by atoms with Crippen LogP contribution in [0.1, 0.15) is 79.1 Å². The van der Waals surface area contributed by atoms with Crippen LogP contribution in [0.3, 0.4) is 0 Å². The zero-order valence-corrected chi connectivity index (χ0v) is 14.6. The monoisotopic (exact) mass is 283 g/mol. The highest BCUT2D eigenvalue weighted by Gasteiger charge is 2.38. The van der Waals surface area contributed by atoms with Gasteiger partial charge in [0.15, 0.2) is 0 Å². The smallest absolute Gasteiger partial charge is 0.0806 e. The van der Waals surface area contributed by atoms with Crippen molar-refractivity contribution >= 4 is 0 Å². The van der Waals surface area contributed by atoms with E-state index in [1.165, 1.54) is 51.4 Å². The van der Waals surface area contributed by atoms with Gasteiger partial charge in [-0.2, -0.15) is 0 Å². The Kier molecular flexibility index (Phi) is 7.53. The molecule has 2 heteroatoms. The molecular weight excluding hydrogens is 246 g/mol. The molecule has 0 atom stereocenters. The van der Waals surface area contributed by atoms with Crippen LogP contribution in [0.5, 0.6) is 0 Å². The van der Waals surface area contributed by atoms with Gasteiger partial charge in [0, 0.05) is 13.2 Å². The minimum absolute atomic E-state index is 0.114. The summed E-state index contributed by atoms with van der Waals surface area (Å²) in [5.74, 6) is 0.858. The van der Waals surface area contributed by atoms with Gasteiger partial charge in [-0.05, 0) is 50.5 Å². The third-order valence-electron chi connectivity index (χ3n) is 5.03. The summed E-state index contributed by atoms with van der Waals surface area (Å²) in [6, 6.07) is 0. The first kappa shape index (κ1) is 18.0. The van der Waals surface area contributed by atoms with Crippen LogP contribution in [0.25, 0.3) is 0 Å². The highest BCUT2D eigenvalue weighted by molar-refractivity contribution is 4.91. The van der Waals surface area contributed by atoms with Gasteiger partial charge in [0.2, 0.25) is 0 Å². The molecule has 120 valence electrons. The Morgan fingerprint density at radius 3 is 2.25 bits per heavy atom. The molecule has 1 N–H and O–H groups in total. The summed E-state index contributed by atoms with van der Waals surface area (Å²) in [6.07, 6.45) is 10.3. The Morgan fingerprint density at radius 2 is 1.75 bits per heavy atom. The predicted molar refractivity (Wildman–Crippen MR) is 88.2 cm³/mol. The highest BCUT2D eigenvalue weighted by Crippen LogP contribution is 2.42. The summed E-state index contributed by atoms with van der Waals surface area (Å²) in [6.45, 7) is 11.4. The summed E-state index contributed by atoms with van der Waals surface area (Å²) >= 11 is 0. The van der Waals surface area contributed by atoms with Crippen LogP contribution >= 0.6 is 0 Å². The average Bonchev–Trinajstić information content (AvgIpc) is 2.38. The fourth-order valence-corrected chi connectivity index (χ4v) is 3.52. The van der Waals surface area contributed by atoms with Crippen LogP contribution in [0, 0.1) is 11.3 Å². The van der Waals surface area contributed by atoms with Gasteiger partial charge in [-0.25, -0.2) is 0 Å². The maximum absolute atomic E-state index is 6.36. The van der Waals surface area contributed by atoms with Crippen molar-refractivity contribution in [2.45, 2.75) is 84.7 Å². The first-order valence-corrected chi connectivity index (χ1v) is 8.72. The third-order valence-corrected chi connectivity index (χ3v) is 5.03. The fourth-order valence-electron chi connectivity index (χ4n) is 3.52. The van der Waals surface area contributed by atoms with Crippen molar-refractivity contribution < 1.29 is 4.74 Å². The molecule has 0 saturated heterocycles. The molecule has 0 aromatic heterocycles. The van der Waals surface area contributed by atoms with Crippen molar-refractivity contribution in [1.82, 2.24) is 5.32 Å². The molecule has 1 rings (SSSR count). The molecule has 0 aliphatic heterocycles. The van der Waals surface area contributed by atoms with Gasteiger partial charge < -0.3 is 10.1 Å². The molecule has 1 aliphatic rings. The first-order valence-electron chi connectivity index (χ1n) is 8.72. The summed E-state index contributed by atoms with van der Waals surface area (Å²) in [4.78, 5) is 0. The molecule has 1 aliphatic carbocycles. The molecule has 20 heavy (non-hydrogen) atoms. The summed E-state index contributed by atoms with van der Waals surface area (Å²) in [7, 11) is 2.05. The number of hydrogen-bond acceptors (Lipinski definition) is 2. The zero-order valence-electron chi connectivity index (χ0n) is 14.6. The van der Waals surface area contributed by atoms with Crippen LogP contribution in [-0.2, 0) is 4.74 Å². The summed E-state index contributed by atoms with van der Waals surface area (Å²) in [5.41, 5.74) is 0.565. The second kappa shape index (κ2) is 8.38. The second-order valence-electron chi connectivity index (χ2n) is 7.76. The second-order valence-corrected chi connectivity index (χ2v) is 7.76. The molecule has 0 bridgehead atoms. The van der Waals surface area contributed by atoms with E-state index in [1.54, 1.807) is 0 Å².